The van der Waals surface area contributed by atoms with E-state index in [-0.39, 0.29) is 48.6 Å². The van der Waals surface area contributed by atoms with E-state index in [1.54, 1.807) is 30.3 Å². The highest BCUT2D eigenvalue weighted by molar-refractivity contribution is 8.07. The number of H-pyrrole nitrogens is 1. The molecule has 308 valence electrons. The van der Waals surface area contributed by atoms with Gasteiger partial charge in [0.25, 0.3) is 11.5 Å². The van der Waals surface area contributed by atoms with Crippen LogP contribution < -0.4 is 16.6 Å². The number of Topliss-reactive ketones (excluding diaryl/α,β-unsaturated/α-hetero) is 1. The molecule has 1 unspecified atom stereocenters. The van der Waals surface area contributed by atoms with E-state index in [1.165, 1.54) is 17.8 Å². The van der Waals surface area contributed by atoms with Gasteiger partial charge in [0, 0.05) is 24.2 Å². The van der Waals surface area contributed by atoms with Crippen LogP contribution in [0.3, 0.4) is 0 Å². The third-order valence-corrected chi connectivity index (χ3v) is 11.2. The molecule has 2 fully saturated rings. The summed E-state index contributed by atoms with van der Waals surface area (Å²) < 4.78 is 68.9. The summed E-state index contributed by atoms with van der Waals surface area (Å²) in [5.41, 5.74) is -1.36. The third-order valence-electron chi connectivity index (χ3n) is 8.80. The van der Waals surface area contributed by atoms with Crippen LogP contribution in [0.4, 0.5) is 14.6 Å². The molecule has 0 aliphatic carbocycles. The van der Waals surface area contributed by atoms with Crippen LogP contribution in [0.15, 0.2) is 64.8 Å². The van der Waals surface area contributed by atoms with Gasteiger partial charge in [0.05, 0.1) is 45.1 Å². The van der Waals surface area contributed by atoms with Crippen molar-refractivity contribution in [3.05, 3.63) is 81.7 Å². The lowest BCUT2D eigenvalue weighted by Gasteiger charge is -2.29. The molecule has 5 heterocycles. The predicted octanol–water partition coefficient (Wildman–Crippen LogP) is 1.93. The minimum absolute atomic E-state index is 0.00127. The number of carbonyl (C=O) groups is 3. The lowest BCUT2D eigenvalue weighted by molar-refractivity contribution is -0.155. The smallest absolute Gasteiger partial charge is 0.330 e. The van der Waals surface area contributed by atoms with Gasteiger partial charge in [0.15, 0.2) is 47.9 Å². The first-order valence-corrected chi connectivity index (χ1v) is 20.1. The van der Waals surface area contributed by atoms with Gasteiger partial charge in [-0.05, 0) is 30.9 Å². The van der Waals surface area contributed by atoms with Crippen molar-refractivity contribution in [3.63, 3.8) is 0 Å². The predicted molar refractivity (Wildman–Crippen MR) is 197 cm³/mol. The van der Waals surface area contributed by atoms with Crippen molar-refractivity contribution >= 4 is 53.2 Å². The summed E-state index contributed by atoms with van der Waals surface area (Å²) in [7, 11) is 0. The van der Waals surface area contributed by atoms with E-state index in [4.69, 9.17) is 44.9 Å². The molecule has 3 N–H and O–H groups in total. The highest BCUT2D eigenvalue weighted by atomic mass is 32.5. The number of esters is 1. The van der Waals surface area contributed by atoms with Crippen LogP contribution in [-0.2, 0) is 49.2 Å². The number of hydrogen-bond acceptors (Lipinski definition) is 17. The fraction of sp³-hybridized carbons (Fsp3) is 0.441. The van der Waals surface area contributed by atoms with E-state index in [0.717, 1.165) is 23.2 Å². The molecule has 24 heteroatoms. The maximum atomic E-state index is 16.5. The zero-order valence-corrected chi connectivity index (χ0v) is 32.0. The summed E-state index contributed by atoms with van der Waals surface area (Å²) in [6, 6.07) is 11.1. The first-order chi connectivity index (χ1) is 27.8. The number of ketones is 1. The van der Waals surface area contributed by atoms with E-state index < -0.39 is 92.3 Å². The average Bonchev–Trinajstić information content (AvgIpc) is 3.86. The second-order valence-electron chi connectivity index (χ2n) is 12.8. The van der Waals surface area contributed by atoms with Gasteiger partial charge in [0.2, 0.25) is 0 Å². The molecule has 20 nitrogen and oxygen atoms in total. The molecule has 58 heavy (non-hydrogen) atoms. The number of nitrogens with zero attached hydrogens (tertiary/aromatic N) is 6. The molecule has 2 aliphatic heterocycles. The summed E-state index contributed by atoms with van der Waals surface area (Å²) in [6.45, 7) is -4.87. The van der Waals surface area contributed by atoms with Crippen molar-refractivity contribution in [1.82, 2.24) is 29.1 Å². The number of amides is 1. The second kappa shape index (κ2) is 18.6. The van der Waals surface area contributed by atoms with E-state index >= 15 is 8.78 Å². The van der Waals surface area contributed by atoms with Crippen LogP contribution in [-0.4, -0.2) is 108 Å². The lowest BCUT2D eigenvalue weighted by atomic mass is 10.1. The van der Waals surface area contributed by atoms with Gasteiger partial charge in [-0.25, -0.2) is 28.5 Å². The molecule has 4 aromatic rings. The quantitative estimate of drug-likeness (QED) is 0.0779. The molecule has 6 rings (SSSR count). The molecule has 1 amide bonds. The summed E-state index contributed by atoms with van der Waals surface area (Å²) >= 11 is 5.58. The number of alkyl halides is 2. The summed E-state index contributed by atoms with van der Waals surface area (Å²) in [4.78, 5) is 75.8. The molecule has 3 aromatic heterocycles. The number of halogens is 2. The first-order valence-electron chi connectivity index (χ1n) is 17.5. The van der Waals surface area contributed by atoms with Crippen LogP contribution in [0, 0.1) is 11.3 Å². The van der Waals surface area contributed by atoms with Gasteiger partial charge in [-0.15, -0.1) is 0 Å². The van der Waals surface area contributed by atoms with Crippen LogP contribution >= 0.6 is 6.72 Å². The number of aromatic amines is 1. The number of fused-ring (bicyclic) bond motifs is 1. The van der Waals surface area contributed by atoms with Gasteiger partial charge in [0.1, 0.15) is 30.4 Å². The van der Waals surface area contributed by atoms with Crippen LogP contribution in [0.2, 0.25) is 0 Å². The average molecular weight is 849 g/mol. The Labute approximate surface area is 331 Å². The van der Waals surface area contributed by atoms with Crippen molar-refractivity contribution in [2.75, 3.05) is 25.1 Å². The number of rotatable bonds is 17. The SMILES string of the molecule is CC(=O)CCC(=O)O[C@H]1[C@@H](F)[C@H](n2cnc3c(NC(=O)c4ccccc4)ncnc32)O[C@@H]1COP(=S)(OCCC#N)O[C@H]1[C@@H](F)[C@H](n2ccc(=O)[nH]c2=O)O[C@@H]1CO. The first kappa shape index (κ1) is 42.4. The molecule has 0 radical (unpaired) electrons. The number of imidazole rings is 1. The number of nitrogens with one attached hydrogen (secondary N) is 2. The number of ether oxygens (including phenoxy) is 3. The maximum absolute atomic E-state index is 16.5. The largest absolute Gasteiger partial charge is 0.456 e. The van der Waals surface area contributed by atoms with Crippen LogP contribution in [0.25, 0.3) is 11.2 Å². The maximum Gasteiger partial charge on any atom is 0.330 e. The Balaban J connectivity index is 1.25. The van der Waals surface area contributed by atoms with Gasteiger partial charge in [-0.2, -0.15) is 5.26 Å². The van der Waals surface area contributed by atoms with E-state index in [1.807, 2.05) is 11.1 Å². The number of nitriles is 1. The Morgan fingerprint density at radius 3 is 2.45 bits per heavy atom. The number of carbonyl (C=O) groups excluding carboxylic acids is 3. The lowest BCUT2D eigenvalue weighted by Crippen LogP contribution is -2.37. The standard InChI is InChI=1S/C34H35F2N8O12PS/c1-18(46)8-9-23(48)55-27-21(54-33(24(27)35)44-17-40-26-29(38-16-39-30(26)44)42-31(49)19-6-3-2-4-7-19)15-52-57(58,51-13-5-11-37)56-28-20(14-45)53-32(25(28)36)43-12-10-22(47)41-34(43)50/h2-4,6-7,10,12,16-17,20-21,24-25,27-28,32-33,45H,5,8-9,13-15H2,1H3,(H,41,47,50)(H,38,39,42,49)/t20-,21-,24-,25-,27-,28-,32-,33-,57?/m1/s1. The summed E-state index contributed by atoms with van der Waals surface area (Å²) in [5.74, 6) is -1.77. The van der Waals surface area contributed by atoms with Crippen molar-refractivity contribution in [1.29, 1.82) is 5.26 Å². The van der Waals surface area contributed by atoms with E-state index in [2.05, 4.69) is 20.3 Å². The topological polar surface area (TPSA) is 261 Å². The highest BCUT2D eigenvalue weighted by Gasteiger charge is 2.52. The monoisotopic (exact) mass is 848 g/mol. The number of anilines is 1. The highest BCUT2D eigenvalue weighted by Crippen LogP contribution is 2.54. The van der Waals surface area contributed by atoms with Crippen molar-refractivity contribution in [2.45, 2.75) is 75.4 Å². The number of aliphatic hydroxyl groups excluding tert-OH is 1. The van der Waals surface area contributed by atoms with E-state index in [0.29, 0.717) is 5.56 Å². The number of benzene rings is 1. The molecule has 0 saturated carbocycles. The minimum atomic E-state index is -4.21. The fourth-order valence-electron chi connectivity index (χ4n) is 6.01. The zero-order valence-electron chi connectivity index (χ0n) is 30.3. The van der Waals surface area contributed by atoms with Gasteiger partial charge < -0.3 is 38.5 Å². The molecule has 1 aromatic carbocycles. The second-order valence-corrected chi connectivity index (χ2v) is 15.8. The Morgan fingerprint density at radius 1 is 1.02 bits per heavy atom. The number of aliphatic hydroxyl groups is 1. The van der Waals surface area contributed by atoms with Gasteiger partial charge in [-0.1, -0.05) is 18.2 Å². The summed E-state index contributed by atoms with van der Waals surface area (Å²) in [6.07, 6.45) is -11.5. The summed E-state index contributed by atoms with van der Waals surface area (Å²) in [5, 5.41) is 21.8. The van der Waals surface area contributed by atoms with E-state index in [9.17, 15) is 29.1 Å². The Morgan fingerprint density at radius 2 is 1.74 bits per heavy atom. The number of aromatic nitrogens is 6. The molecule has 0 bridgehead atoms. The minimum Gasteiger partial charge on any atom is -0.456 e. The van der Waals surface area contributed by atoms with Crippen molar-refractivity contribution in [2.24, 2.45) is 0 Å². The molecule has 0 spiro atoms. The molecule has 9 atom stereocenters. The molecular formula is C34H35F2N8O12PS. The normalized spacial score (nSPS) is 25.2. The fourth-order valence-corrected chi connectivity index (χ4v) is 8.11. The van der Waals surface area contributed by atoms with Crippen molar-refractivity contribution < 1.29 is 56.1 Å². The zero-order chi connectivity index (χ0) is 41.6. The third kappa shape index (κ3) is 9.57. The van der Waals surface area contributed by atoms with Gasteiger partial charge in [-0.3, -0.25) is 33.0 Å². The Hall–Kier alpha value is -5.18. The molecule has 2 aliphatic rings. The Bertz CT molecular complexity index is 2350. The van der Waals surface area contributed by atoms with Crippen molar-refractivity contribution in [3.8, 4) is 6.07 Å². The van der Waals surface area contributed by atoms with Gasteiger partial charge >= 0.3 is 18.4 Å². The van der Waals surface area contributed by atoms with Crippen LogP contribution in [0.5, 0.6) is 0 Å². The molecule has 2 saturated heterocycles. The Kier molecular flexibility index (Phi) is 13.6. The molecular weight excluding hydrogens is 813 g/mol. The van der Waals surface area contributed by atoms with Crippen LogP contribution in [0.1, 0.15) is 49.0 Å². The number of hydrogen-bond donors (Lipinski definition) is 3.